The number of carbonyl (C=O) groups is 4. The maximum Gasteiger partial charge on any atom is 0.326 e. The summed E-state index contributed by atoms with van der Waals surface area (Å²) in [6.45, 7) is 1.06. The van der Waals surface area contributed by atoms with Gasteiger partial charge in [0.2, 0.25) is 17.7 Å². The molecule has 10 N–H and O–H groups in total. The number of phenolic OH excluding ortho intramolecular Hbond substituents is 1. The maximum atomic E-state index is 12.7. The van der Waals surface area contributed by atoms with Crippen molar-refractivity contribution in [2.24, 2.45) is 11.5 Å². The number of amides is 3. The van der Waals surface area contributed by atoms with Crippen LogP contribution in [0, 0.1) is 0 Å². The SMILES string of the molecule is CC(N)C(=O)NC(CCCCN)C(=O)NC(CO)C(=O)NC(Cc1ccc(O)cc1)C(=O)O. The van der Waals surface area contributed by atoms with Crippen LogP contribution < -0.4 is 27.4 Å². The van der Waals surface area contributed by atoms with Gasteiger partial charge in [-0.2, -0.15) is 0 Å². The van der Waals surface area contributed by atoms with Crippen LogP contribution in [0.25, 0.3) is 0 Å². The molecule has 0 aliphatic heterocycles. The summed E-state index contributed by atoms with van der Waals surface area (Å²) in [6, 6.07) is 1.13. The summed E-state index contributed by atoms with van der Waals surface area (Å²) in [7, 11) is 0. The second-order valence-corrected chi connectivity index (χ2v) is 7.65. The molecular weight excluding hydrogens is 434 g/mol. The van der Waals surface area contributed by atoms with Crippen molar-refractivity contribution in [3.63, 3.8) is 0 Å². The molecule has 1 rings (SSSR count). The Morgan fingerprint density at radius 2 is 1.45 bits per heavy atom. The summed E-state index contributed by atoms with van der Waals surface area (Å²) in [5, 5.41) is 35.5. The third kappa shape index (κ3) is 9.85. The van der Waals surface area contributed by atoms with Gasteiger partial charge in [0.05, 0.1) is 12.6 Å². The Morgan fingerprint density at radius 1 is 0.909 bits per heavy atom. The number of carbonyl (C=O) groups excluding carboxylic acids is 3. The number of nitrogens with two attached hydrogens (primary N) is 2. The lowest BCUT2D eigenvalue weighted by Gasteiger charge is -2.24. The molecule has 4 unspecified atom stereocenters. The number of aliphatic carboxylic acids is 1. The van der Waals surface area contributed by atoms with Crippen molar-refractivity contribution in [2.45, 2.75) is 56.8 Å². The fourth-order valence-corrected chi connectivity index (χ4v) is 2.87. The van der Waals surface area contributed by atoms with E-state index in [2.05, 4.69) is 16.0 Å². The minimum Gasteiger partial charge on any atom is -0.508 e. The molecule has 1 aromatic carbocycles. The lowest BCUT2D eigenvalue weighted by Crippen LogP contribution is -2.58. The van der Waals surface area contributed by atoms with Gasteiger partial charge in [-0.15, -0.1) is 0 Å². The summed E-state index contributed by atoms with van der Waals surface area (Å²) in [6.07, 6.45) is 1.29. The number of aromatic hydroxyl groups is 1. The van der Waals surface area contributed by atoms with Crippen molar-refractivity contribution >= 4 is 23.7 Å². The number of nitrogens with one attached hydrogen (secondary N) is 3. The van der Waals surface area contributed by atoms with Crippen LogP contribution in [0.4, 0.5) is 0 Å². The number of benzene rings is 1. The first kappa shape index (κ1) is 27.8. The maximum absolute atomic E-state index is 12.7. The van der Waals surface area contributed by atoms with Crippen LogP contribution >= 0.6 is 0 Å². The van der Waals surface area contributed by atoms with E-state index in [1.54, 1.807) is 0 Å². The number of rotatable bonds is 14. The third-order valence-electron chi connectivity index (χ3n) is 4.80. The van der Waals surface area contributed by atoms with E-state index in [0.717, 1.165) is 0 Å². The van der Waals surface area contributed by atoms with E-state index in [4.69, 9.17) is 11.5 Å². The van der Waals surface area contributed by atoms with E-state index < -0.39 is 54.5 Å². The van der Waals surface area contributed by atoms with Gasteiger partial charge in [0.1, 0.15) is 23.9 Å². The summed E-state index contributed by atoms with van der Waals surface area (Å²) in [4.78, 5) is 48.8. The highest BCUT2D eigenvalue weighted by Crippen LogP contribution is 2.11. The molecule has 1 aromatic rings. The molecule has 33 heavy (non-hydrogen) atoms. The van der Waals surface area contributed by atoms with Gasteiger partial charge >= 0.3 is 5.97 Å². The zero-order valence-electron chi connectivity index (χ0n) is 18.5. The number of aliphatic hydroxyl groups is 1. The standard InChI is InChI=1S/C21H33N5O7/c1-12(23)18(29)24-15(4-2-3-9-22)19(30)26-17(11-27)20(31)25-16(21(32)33)10-13-5-7-14(28)8-6-13/h5-8,12,15-17,27-28H,2-4,9-11,22-23H2,1H3,(H,24,29)(H,25,31)(H,26,30)(H,32,33). The van der Waals surface area contributed by atoms with E-state index in [1.165, 1.54) is 31.2 Å². The highest BCUT2D eigenvalue weighted by atomic mass is 16.4. The quantitative estimate of drug-likeness (QED) is 0.141. The minimum atomic E-state index is -1.44. The van der Waals surface area contributed by atoms with Crippen molar-refractivity contribution in [3.05, 3.63) is 29.8 Å². The van der Waals surface area contributed by atoms with Gasteiger partial charge in [-0.3, -0.25) is 14.4 Å². The van der Waals surface area contributed by atoms with E-state index >= 15 is 0 Å². The van der Waals surface area contributed by atoms with E-state index in [1.807, 2.05) is 0 Å². The highest BCUT2D eigenvalue weighted by molar-refractivity contribution is 5.94. The van der Waals surface area contributed by atoms with Gasteiger partial charge in [-0.1, -0.05) is 12.1 Å². The Balaban J connectivity index is 2.84. The van der Waals surface area contributed by atoms with Crippen molar-refractivity contribution < 1.29 is 34.5 Å². The molecule has 184 valence electrons. The zero-order chi connectivity index (χ0) is 25.0. The predicted octanol–water partition coefficient (Wildman–Crippen LogP) is -2.06. The minimum absolute atomic E-state index is 0.00912. The predicted molar refractivity (Wildman–Crippen MR) is 119 cm³/mol. The van der Waals surface area contributed by atoms with Crippen molar-refractivity contribution in [2.75, 3.05) is 13.2 Å². The van der Waals surface area contributed by atoms with Crippen LogP contribution in [0.5, 0.6) is 5.75 Å². The first-order valence-electron chi connectivity index (χ1n) is 10.6. The molecule has 0 fully saturated rings. The van der Waals surface area contributed by atoms with Gasteiger partial charge in [-0.25, -0.2) is 4.79 Å². The monoisotopic (exact) mass is 467 g/mol. The van der Waals surface area contributed by atoms with E-state index in [0.29, 0.717) is 24.9 Å². The number of carboxylic acids is 1. The van der Waals surface area contributed by atoms with Gasteiger partial charge in [0.25, 0.3) is 0 Å². The lowest BCUT2D eigenvalue weighted by atomic mass is 10.0. The summed E-state index contributed by atoms with van der Waals surface area (Å²) in [5.74, 6) is -3.50. The van der Waals surface area contributed by atoms with Crippen LogP contribution in [-0.4, -0.2) is 76.3 Å². The number of hydrogen-bond acceptors (Lipinski definition) is 8. The Morgan fingerprint density at radius 3 is 1.97 bits per heavy atom. The average molecular weight is 468 g/mol. The second-order valence-electron chi connectivity index (χ2n) is 7.65. The first-order chi connectivity index (χ1) is 15.6. The fraction of sp³-hybridized carbons (Fsp3) is 0.524. The smallest absolute Gasteiger partial charge is 0.326 e. The molecule has 0 heterocycles. The number of unbranched alkanes of at least 4 members (excludes halogenated alkanes) is 1. The molecule has 3 amide bonds. The molecule has 0 radical (unpaired) electrons. The van der Waals surface area contributed by atoms with Gasteiger partial charge < -0.3 is 42.7 Å². The summed E-state index contributed by atoms with van der Waals surface area (Å²) in [5.41, 5.74) is 11.5. The molecule has 12 nitrogen and oxygen atoms in total. The second kappa shape index (κ2) is 14.0. The zero-order valence-corrected chi connectivity index (χ0v) is 18.5. The van der Waals surface area contributed by atoms with Crippen LogP contribution in [0.3, 0.4) is 0 Å². The van der Waals surface area contributed by atoms with E-state index in [9.17, 15) is 34.5 Å². The molecule has 12 heteroatoms. The van der Waals surface area contributed by atoms with E-state index in [-0.39, 0.29) is 18.6 Å². The molecule has 0 saturated carbocycles. The van der Waals surface area contributed by atoms with Gasteiger partial charge in [0, 0.05) is 6.42 Å². The Hall–Kier alpha value is -3.22. The first-order valence-corrected chi connectivity index (χ1v) is 10.6. The van der Waals surface area contributed by atoms with Crippen molar-refractivity contribution in [3.8, 4) is 5.75 Å². The molecule has 0 aliphatic carbocycles. The van der Waals surface area contributed by atoms with Crippen LogP contribution in [0.2, 0.25) is 0 Å². The third-order valence-corrected chi connectivity index (χ3v) is 4.80. The van der Waals surface area contributed by atoms with Crippen LogP contribution in [0.1, 0.15) is 31.7 Å². The number of hydrogen-bond donors (Lipinski definition) is 8. The fourth-order valence-electron chi connectivity index (χ4n) is 2.87. The highest BCUT2D eigenvalue weighted by Gasteiger charge is 2.29. The molecule has 0 aromatic heterocycles. The largest absolute Gasteiger partial charge is 0.508 e. The molecular formula is C21H33N5O7. The summed E-state index contributed by atoms with van der Waals surface area (Å²) >= 11 is 0. The summed E-state index contributed by atoms with van der Waals surface area (Å²) < 4.78 is 0. The molecule has 0 saturated heterocycles. The van der Waals surface area contributed by atoms with Gasteiger partial charge in [0.15, 0.2) is 0 Å². The number of phenols is 1. The van der Waals surface area contributed by atoms with Crippen LogP contribution in [0.15, 0.2) is 24.3 Å². The van der Waals surface area contributed by atoms with Gasteiger partial charge in [-0.05, 0) is 50.4 Å². The Kier molecular flexibility index (Phi) is 11.8. The number of aliphatic hydroxyl groups excluding tert-OH is 1. The Labute approximate surface area is 191 Å². The van der Waals surface area contributed by atoms with Crippen molar-refractivity contribution in [1.29, 1.82) is 0 Å². The molecule has 0 bridgehead atoms. The normalized spacial score (nSPS) is 14.4. The Bertz CT molecular complexity index is 801. The molecule has 0 aliphatic rings. The molecule has 0 spiro atoms. The topological polar surface area (TPSA) is 217 Å². The molecule has 4 atom stereocenters. The van der Waals surface area contributed by atoms with Crippen LogP contribution in [-0.2, 0) is 25.6 Å². The number of carboxylic acid groups (broad SMARTS) is 1. The average Bonchev–Trinajstić information content (AvgIpc) is 2.77. The van der Waals surface area contributed by atoms with Crippen molar-refractivity contribution in [1.82, 2.24) is 16.0 Å². The lowest BCUT2D eigenvalue weighted by molar-refractivity contribution is -0.142.